The number of morpholine rings is 3. The van der Waals surface area contributed by atoms with Crippen LogP contribution in [0, 0.1) is 0 Å². The molecular formula is C25H30N3O3S3+. The lowest BCUT2D eigenvalue weighted by molar-refractivity contribution is -0.546. The highest BCUT2D eigenvalue weighted by Gasteiger charge is 2.27. The van der Waals surface area contributed by atoms with E-state index >= 15 is 0 Å². The zero-order valence-corrected chi connectivity index (χ0v) is 21.7. The fraction of sp³-hybridized carbons (Fsp3) is 0.480. The van der Waals surface area contributed by atoms with Crippen molar-refractivity contribution in [2.75, 3.05) is 88.7 Å². The summed E-state index contributed by atoms with van der Waals surface area (Å²) in [6.45, 7) is 10.7. The SMILES string of the molecule is C1=CC(=[N+]2CCOCC2)SC1=C(c1ccc(N2CCOCC2)s1)c1ccc(N2CCOCC2)s1. The molecule has 0 spiro atoms. The number of thioether (sulfide) groups is 1. The Hall–Kier alpha value is -1.62. The minimum absolute atomic E-state index is 0.811. The maximum Gasteiger partial charge on any atom is 0.239 e. The second kappa shape index (κ2) is 10.6. The van der Waals surface area contributed by atoms with Gasteiger partial charge >= 0.3 is 0 Å². The van der Waals surface area contributed by atoms with Gasteiger partial charge in [0.15, 0.2) is 13.1 Å². The molecule has 2 aromatic heterocycles. The molecule has 0 atom stereocenters. The number of nitrogens with zero attached hydrogens (tertiary/aromatic N) is 3. The van der Waals surface area contributed by atoms with Gasteiger partial charge in [-0.25, -0.2) is 4.58 Å². The van der Waals surface area contributed by atoms with E-state index in [0.717, 1.165) is 78.9 Å². The predicted molar refractivity (Wildman–Crippen MR) is 143 cm³/mol. The first-order valence-electron chi connectivity index (χ1n) is 12.0. The first-order valence-corrected chi connectivity index (χ1v) is 14.5. The van der Waals surface area contributed by atoms with Gasteiger partial charge < -0.3 is 24.0 Å². The van der Waals surface area contributed by atoms with Gasteiger partial charge in [0.2, 0.25) is 5.04 Å². The quantitative estimate of drug-likeness (QED) is 0.572. The second-order valence-corrected chi connectivity index (χ2v) is 11.8. The molecule has 0 N–H and O–H groups in total. The van der Waals surface area contributed by atoms with Gasteiger partial charge in [0, 0.05) is 52.5 Å². The number of hydrogen-bond acceptors (Lipinski definition) is 8. The van der Waals surface area contributed by atoms with E-state index in [1.165, 1.54) is 35.3 Å². The normalized spacial score (nSPS) is 21.6. The summed E-state index contributed by atoms with van der Waals surface area (Å²) in [6, 6.07) is 9.21. The van der Waals surface area contributed by atoms with E-state index in [-0.39, 0.29) is 0 Å². The van der Waals surface area contributed by atoms with Crippen LogP contribution in [0.1, 0.15) is 9.75 Å². The molecule has 180 valence electrons. The van der Waals surface area contributed by atoms with Crippen LogP contribution in [0.4, 0.5) is 10.0 Å². The Labute approximate surface area is 213 Å². The third-order valence-electron chi connectivity index (χ3n) is 6.48. The Balaban J connectivity index is 1.35. The number of ether oxygens (including phenoxy) is 3. The maximum atomic E-state index is 5.57. The Bertz CT molecular complexity index is 1040. The van der Waals surface area contributed by atoms with E-state index in [1.54, 1.807) is 0 Å². The van der Waals surface area contributed by atoms with Crippen molar-refractivity contribution in [2.45, 2.75) is 0 Å². The molecule has 4 aliphatic heterocycles. The van der Waals surface area contributed by atoms with Crippen LogP contribution >= 0.6 is 34.4 Å². The van der Waals surface area contributed by atoms with E-state index in [9.17, 15) is 0 Å². The molecule has 0 aliphatic carbocycles. The summed E-state index contributed by atoms with van der Waals surface area (Å²) in [7, 11) is 0. The summed E-state index contributed by atoms with van der Waals surface area (Å²) in [5, 5.41) is 4.02. The minimum Gasteiger partial charge on any atom is -0.378 e. The first kappa shape index (κ1) is 22.8. The molecule has 0 bridgehead atoms. The van der Waals surface area contributed by atoms with Crippen LogP contribution < -0.4 is 9.80 Å². The minimum atomic E-state index is 0.811. The summed E-state index contributed by atoms with van der Waals surface area (Å²) in [4.78, 5) is 8.93. The Morgan fingerprint density at radius 3 is 1.76 bits per heavy atom. The van der Waals surface area contributed by atoms with Crippen LogP contribution in [0.2, 0.25) is 0 Å². The van der Waals surface area contributed by atoms with Crippen molar-refractivity contribution in [2.24, 2.45) is 0 Å². The van der Waals surface area contributed by atoms with Gasteiger partial charge in [-0.1, -0.05) is 0 Å². The largest absolute Gasteiger partial charge is 0.378 e. The monoisotopic (exact) mass is 516 g/mol. The smallest absolute Gasteiger partial charge is 0.239 e. The van der Waals surface area contributed by atoms with Gasteiger partial charge in [-0.2, -0.15) is 0 Å². The molecular weight excluding hydrogens is 486 g/mol. The predicted octanol–water partition coefficient (Wildman–Crippen LogP) is 3.99. The molecule has 6 nitrogen and oxygen atoms in total. The van der Waals surface area contributed by atoms with Crippen molar-refractivity contribution in [3.8, 4) is 0 Å². The van der Waals surface area contributed by atoms with Gasteiger partial charge in [-0.15, -0.1) is 22.7 Å². The highest BCUT2D eigenvalue weighted by atomic mass is 32.2. The molecule has 3 saturated heterocycles. The third-order valence-corrected chi connectivity index (χ3v) is 9.97. The molecule has 6 rings (SSSR count). The van der Waals surface area contributed by atoms with Crippen molar-refractivity contribution in [3.63, 3.8) is 0 Å². The molecule has 0 unspecified atom stereocenters. The van der Waals surface area contributed by atoms with E-state index < -0.39 is 0 Å². The number of hydrogen-bond donors (Lipinski definition) is 0. The first-order chi connectivity index (χ1) is 16.8. The average Bonchev–Trinajstić information content (AvgIpc) is 3.68. The van der Waals surface area contributed by atoms with Crippen molar-refractivity contribution in [1.82, 2.24) is 0 Å². The summed E-state index contributed by atoms with van der Waals surface area (Å²) in [5.41, 5.74) is 1.36. The lowest BCUT2D eigenvalue weighted by Gasteiger charge is -2.27. The van der Waals surface area contributed by atoms with Crippen molar-refractivity contribution >= 4 is 55.1 Å². The molecule has 4 aliphatic rings. The van der Waals surface area contributed by atoms with Crippen molar-refractivity contribution in [3.05, 3.63) is 51.1 Å². The Morgan fingerprint density at radius 2 is 1.21 bits per heavy atom. The van der Waals surface area contributed by atoms with Crippen LogP contribution in [0.5, 0.6) is 0 Å². The van der Waals surface area contributed by atoms with Crippen molar-refractivity contribution in [1.29, 1.82) is 0 Å². The molecule has 0 aromatic carbocycles. The fourth-order valence-electron chi connectivity index (χ4n) is 4.61. The number of anilines is 2. The lowest BCUT2D eigenvalue weighted by Crippen LogP contribution is -2.35. The summed E-state index contributed by atoms with van der Waals surface area (Å²) >= 11 is 5.72. The molecule has 34 heavy (non-hydrogen) atoms. The molecule has 0 radical (unpaired) electrons. The fourth-order valence-corrected chi connectivity index (χ4v) is 8.20. The lowest BCUT2D eigenvalue weighted by atomic mass is 10.1. The van der Waals surface area contributed by atoms with Crippen LogP contribution in [-0.4, -0.2) is 88.5 Å². The van der Waals surface area contributed by atoms with Crippen LogP contribution in [0.25, 0.3) is 5.57 Å². The van der Waals surface area contributed by atoms with Gasteiger partial charge in [-0.05, 0) is 42.1 Å². The van der Waals surface area contributed by atoms with E-state index in [0.29, 0.717) is 0 Å². The van der Waals surface area contributed by atoms with Gasteiger partial charge in [-0.3, -0.25) is 0 Å². The maximum absolute atomic E-state index is 5.57. The summed E-state index contributed by atoms with van der Waals surface area (Å²) in [5.74, 6) is 0. The number of allylic oxidation sites excluding steroid dienone is 1. The molecule has 0 saturated carbocycles. The van der Waals surface area contributed by atoms with Gasteiger partial charge in [0.1, 0.15) is 13.2 Å². The molecule has 3 fully saturated rings. The summed E-state index contributed by atoms with van der Waals surface area (Å²) in [6.07, 6.45) is 4.60. The molecule has 0 amide bonds. The highest BCUT2D eigenvalue weighted by molar-refractivity contribution is 8.18. The van der Waals surface area contributed by atoms with Crippen LogP contribution in [0.15, 0.2) is 41.3 Å². The zero-order chi connectivity index (χ0) is 22.7. The molecule has 9 heteroatoms. The highest BCUT2D eigenvalue weighted by Crippen LogP contribution is 2.45. The third kappa shape index (κ3) is 4.87. The molecule has 2 aromatic rings. The van der Waals surface area contributed by atoms with E-state index in [4.69, 9.17) is 14.2 Å². The van der Waals surface area contributed by atoms with Gasteiger partial charge in [0.05, 0.1) is 36.4 Å². The number of rotatable bonds is 4. The zero-order valence-electron chi connectivity index (χ0n) is 19.2. The van der Waals surface area contributed by atoms with E-state index in [1.807, 2.05) is 34.4 Å². The van der Waals surface area contributed by atoms with Crippen LogP contribution in [0.3, 0.4) is 0 Å². The number of thiophene rings is 2. The Kier molecular flexibility index (Phi) is 7.08. The Morgan fingerprint density at radius 1 is 0.676 bits per heavy atom. The standard InChI is InChI=1S/C25H30N3O3S3/c1-4-22(26-7-13-29-14-8-26)32-19(1)25(20-2-5-23(33-20)27-9-15-30-16-10-27)21-3-6-24(34-21)28-11-17-31-18-12-28/h1-6H,7-18H2/q+1. The average molecular weight is 517 g/mol. The van der Waals surface area contributed by atoms with Crippen molar-refractivity contribution < 1.29 is 18.8 Å². The second-order valence-electron chi connectivity index (χ2n) is 8.59. The molecule has 6 heterocycles. The van der Waals surface area contributed by atoms with Crippen LogP contribution in [-0.2, 0) is 14.2 Å². The van der Waals surface area contributed by atoms with E-state index in [2.05, 4.69) is 50.8 Å². The van der Waals surface area contributed by atoms with Gasteiger partial charge in [0.25, 0.3) is 0 Å². The topological polar surface area (TPSA) is 37.2 Å². The summed E-state index contributed by atoms with van der Waals surface area (Å²) < 4.78 is 19.2.